The van der Waals surface area contributed by atoms with E-state index in [0.717, 1.165) is 12.1 Å². The van der Waals surface area contributed by atoms with Crippen molar-refractivity contribution < 1.29 is 21.6 Å². The molecule has 2 aromatic rings. The molecule has 0 fully saturated rings. The van der Waals surface area contributed by atoms with Gasteiger partial charge in [0.25, 0.3) is 0 Å². The fourth-order valence-electron chi connectivity index (χ4n) is 1.61. The molecule has 112 valence electrons. The minimum Gasteiger partial charge on any atom is -0.227 e. The first-order valence-electron chi connectivity index (χ1n) is 5.97. The molecule has 21 heavy (non-hydrogen) atoms. The number of sulfone groups is 1. The van der Waals surface area contributed by atoms with Crippen LogP contribution >= 0.6 is 0 Å². The summed E-state index contributed by atoms with van der Waals surface area (Å²) in [5, 5.41) is -0.331. The number of aromatic nitrogens is 2. The molecule has 1 heterocycles. The highest BCUT2D eigenvalue weighted by molar-refractivity contribution is 7.91. The minimum atomic E-state index is -4.42. The van der Waals surface area contributed by atoms with Crippen LogP contribution in [0.2, 0.25) is 0 Å². The lowest BCUT2D eigenvalue weighted by atomic mass is 10.1. The molecule has 0 unspecified atom stereocenters. The lowest BCUT2D eigenvalue weighted by Crippen LogP contribution is -2.09. The Morgan fingerprint density at radius 1 is 1.10 bits per heavy atom. The maximum Gasteiger partial charge on any atom is 0.416 e. The Morgan fingerprint density at radius 2 is 1.71 bits per heavy atom. The van der Waals surface area contributed by atoms with Crippen molar-refractivity contribution in [3.63, 3.8) is 0 Å². The second-order valence-corrected chi connectivity index (χ2v) is 6.37. The van der Waals surface area contributed by atoms with Crippen LogP contribution in [0.5, 0.6) is 0 Å². The van der Waals surface area contributed by atoms with E-state index in [9.17, 15) is 21.6 Å². The zero-order valence-corrected chi connectivity index (χ0v) is 11.7. The first-order valence-corrected chi connectivity index (χ1v) is 7.62. The number of hydrogen-bond donors (Lipinski definition) is 0. The van der Waals surface area contributed by atoms with Crippen molar-refractivity contribution in [2.45, 2.75) is 18.3 Å². The largest absolute Gasteiger partial charge is 0.416 e. The van der Waals surface area contributed by atoms with E-state index in [0.29, 0.717) is 5.56 Å². The maximum absolute atomic E-state index is 12.5. The van der Waals surface area contributed by atoms with E-state index in [-0.39, 0.29) is 16.6 Å². The SMILES string of the molecule is CCS(=O)(=O)c1nccc(-c2ccc(C(F)(F)F)cc2)n1. The highest BCUT2D eigenvalue weighted by Gasteiger charge is 2.30. The third-order valence-corrected chi connectivity index (χ3v) is 4.31. The lowest BCUT2D eigenvalue weighted by Gasteiger charge is -2.08. The highest BCUT2D eigenvalue weighted by atomic mass is 32.2. The Morgan fingerprint density at radius 3 is 2.24 bits per heavy atom. The Labute approximate surface area is 119 Å². The Bertz CT molecular complexity index is 741. The minimum absolute atomic E-state index is 0.149. The van der Waals surface area contributed by atoms with E-state index in [4.69, 9.17) is 0 Å². The topological polar surface area (TPSA) is 59.9 Å². The van der Waals surface area contributed by atoms with Gasteiger partial charge in [-0.3, -0.25) is 0 Å². The van der Waals surface area contributed by atoms with Crippen molar-refractivity contribution in [1.82, 2.24) is 9.97 Å². The molecule has 0 N–H and O–H groups in total. The lowest BCUT2D eigenvalue weighted by molar-refractivity contribution is -0.137. The number of nitrogens with zero attached hydrogens (tertiary/aromatic N) is 2. The van der Waals surface area contributed by atoms with Crippen LogP contribution in [0.3, 0.4) is 0 Å². The van der Waals surface area contributed by atoms with Crippen LogP contribution in [0.1, 0.15) is 12.5 Å². The number of rotatable bonds is 3. The molecule has 2 rings (SSSR count). The van der Waals surface area contributed by atoms with Gasteiger partial charge in [-0.05, 0) is 18.2 Å². The van der Waals surface area contributed by atoms with Crippen LogP contribution in [0.25, 0.3) is 11.3 Å². The molecule has 4 nitrogen and oxygen atoms in total. The summed E-state index contributed by atoms with van der Waals surface area (Å²) in [6, 6.07) is 5.77. The van der Waals surface area contributed by atoms with Gasteiger partial charge in [-0.2, -0.15) is 13.2 Å². The Hall–Kier alpha value is -1.96. The Balaban J connectivity index is 2.42. The van der Waals surface area contributed by atoms with E-state index in [1.54, 1.807) is 0 Å². The summed E-state index contributed by atoms with van der Waals surface area (Å²) >= 11 is 0. The van der Waals surface area contributed by atoms with E-state index < -0.39 is 21.6 Å². The van der Waals surface area contributed by atoms with Crippen LogP contribution in [-0.2, 0) is 16.0 Å². The molecule has 0 saturated heterocycles. The number of benzene rings is 1. The average molecular weight is 316 g/mol. The van der Waals surface area contributed by atoms with Crippen LogP contribution in [0.4, 0.5) is 13.2 Å². The van der Waals surface area contributed by atoms with Gasteiger partial charge in [0.15, 0.2) is 0 Å². The third kappa shape index (κ3) is 3.38. The van der Waals surface area contributed by atoms with Gasteiger partial charge < -0.3 is 0 Å². The molecule has 1 aromatic heterocycles. The van der Waals surface area contributed by atoms with Gasteiger partial charge in [-0.1, -0.05) is 19.1 Å². The van der Waals surface area contributed by atoms with Crippen molar-refractivity contribution in [1.29, 1.82) is 0 Å². The monoisotopic (exact) mass is 316 g/mol. The summed E-state index contributed by atoms with van der Waals surface area (Å²) in [4.78, 5) is 7.58. The van der Waals surface area contributed by atoms with Gasteiger partial charge >= 0.3 is 6.18 Å². The fraction of sp³-hybridized carbons (Fsp3) is 0.231. The summed E-state index contributed by atoms with van der Waals surface area (Å²) in [6.07, 6.45) is -3.15. The van der Waals surface area contributed by atoms with Crippen molar-refractivity contribution in [3.8, 4) is 11.3 Å². The molecule has 0 saturated carbocycles. The maximum atomic E-state index is 12.5. The van der Waals surface area contributed by atoms with Crippen LogP contribution < -0.4 is 0 Å². The first kappa shape index (κ1) is 15.4. The molecule has 0 aliphatic carbocycles. The smallest absolute Gasteiger partial charge is 0.227 e. The quantitative estimate of drug-likeness (QED) is 0.817. The van der Waals surface area contributed by atoms with Gasteiger partial charge in [-0.15, -0.1) is 0 Å². The van der Waals surface area contributed by atoms with Gasteiger partial charge in [0.05, 0.1) is 17.0 Å². The zero-order valence-electron chi connectivity index (χ0n) is 10.9. The molecule has 0 radical (unpaired) electrons. The fourth-order valence-corrected chi connectivity index (χ4v) is 2.33. The standard InChI is InChI=1S/C13H11F3N2O2S/c1-2-21(19,20)12-17-8-7-11(18-12)9-3-5-10(6-4-9)13(14,15)16/h3-8H,2H2,1H3. The second kappa shape index (κ2) is 5.44. The van der Waals surface area contributed by atoms with Crippen molar-refractivity contribution in [2.24, 2.45) is 0 Å². The molecule has 0 bridgehead atoms. The molecule has 0 aliphatic heterocycles. The van der Waals surface area contributed by atoms with E-state index in [2.05, 4.69) is 9.97 Å². The molecule has 0 amide bonds. The van der Waals surface area contributed by atoms with E-state index in [1.165, 1.54) is 31.3 Å². The zero-order chi connectivity index (χ0) is 15.7. The summed E-state index contributed by atoms with van der Waals surface area (Å²) in [7, 11) is -3.56. The van der Waals surface area contributed by atoms with Gasteiger partial charge in [0, 0.05) is 11.8 Å². The van der Waals surface area contributed by atoms with E-state index in [1.807, 2.05) is 0 Å². The van der Waals surface area contributed by atoms with Crippen molar-refractivity contribution >= 4 is 9.84 Å². The van der Waals surface area contributed by atoms with Gasteiger partial charge in [-0.25, -0.2) is 18.4 Å². The predicted molar refractivity (Wildman–Crippen MR) is 70.2 cm³/mol. The molecule has 1 aromatic carbocycles. The molecule has 0 atom stereocenters. The van der Waals surface area contributed by atoms with Gasteiger partial charge in [0.2, 0.25) is 15.0 Å². The van der Waals surface area contributed by atoms with Crippen molar-refractivity contribution in [2.75, 3.05) is 5.75 Å². The normalized spacial score (nSPS) is 12.4. The predicted octanol–water partition coefficient (Wildman–Crippen LogP) is 2.96. The van der Waals surface area contributed by atoms with Gasteiger partial charge in [0.1, 0.15) is 0 Å². The summed E-state index contributed by atoms with van der Waals surface area (Å²) in [6.45, 7) is 1.46. The summed E-state index contributed by atoms with van der Waals surface area (Å²) < 4.78 is 60.8. The summed E-state index contributed by atoms with van der Waals surface area (Å²) in [5.74, 6) is -0.149. The van der Waals surface area contributed by atoms with Crippen molar-refractivity contribution in [3.05, 3.63) is 42.1 Å². The molecular formula is C13H11F3N2O2S. The second-order valence-electron chi connectivity index (χ2n) is 4.20. The van der Waals surface area contributed by atoms with Crippen LogP contribution in [-0.4, -0.2) is 24.1 Å². The highest BCUT2D eigenvalue weighted by Crippen LogP contribution is 2.30. The number of hydrogen-bond acceptors (Lipinski definition) is 4. The average Bonchev–Trinajstić information content (AvgIpc) is 2.46. The molecule has 0 aliphatic rings. The number of alkyl halides is 3. The molecular weight excluding hydrogens is 305 g/mol. The molecule has 8 heteroatoms. The summed E-state index contributed by atoms with van der Waals surface area (Å²) in [5.41, 5.74) is -0.134. The number of halogens is 3. The van der Waals surface area contributed by atoms with Crippen LogP contribution in [0, 0.1) is 0 Å². The van der Waals surface area contributed by atoms with E-state index >= 15 is 0 Å². The molecule has 0 spiro atoms. The Kier molecular flexibility index (Phi) is 3.99. The third-order valence-electron chi connectivity index (χ3n) is 2.80. The van der Waals surface area contributed by atoms with Crippen LogP contribution in [0.15, 0.2) is 41.7 Å². The first-order chi connectivity index (χ1) is 9.74.